The van der Waals surface area contributed by atoms with Crippen molar-refractivity contribution in [2.75, 3.05) is 31.2 Å². The zero-order chi connectivity index (χ0) is 20.2. The quantitative estimate of drug-likeness (QED) is 0.644. The first-order chi connectivity index (χ1) is 14.1. The van der Waals surface area contributed by atoms with E-state index in [9.17, 15) is 9.18 Å². The van der Waals surface area contributed by atoms with Crippen molar-refractivity contribution in [3.63, 3.8) is 0 Å². The van der Waals surface area contributed by atoms with Crippen molar-refractivity contribution in [2.45, 2.75) is 6.10 Å². The normalized spacial score (nSPS) is 16.6. The summed E-state index contributed by atoms with van der Waals surface area (Å²) in [7, 11) is 0. The summed E-state index contributed by atoms with van der Waals surface area (Å²) in [5, 5.41) is -0.0205. The summed E-state index contributed by atoms with van der Waals surface area (Å²) in [6, 6.07) is 12.2. The minimum Gasteiger partial charge on any atom is -0.491 e. The lowest BCUT2D eigenvalue weighted by Crippen LogP contribution is -2.46. The molecular formula is C20H18ClFN4O3. The first-order valence-electron chi connectivity index (χ1n) is 9.06. The van der Waals surface area contributed by atoms with Crippen molar-refractivity contribution in [3.8, 4) is 17.1 Å². The molecule has 1 N–H and O–H groups in total. The molecule has 29 heavy (non-hydrogen) atoms. The monoisotopic (exact) mass is 416 g/mol. The first kappa shape index (κ1) is 19.4. The molecule has 9 heteroatoms. The number of halogens is 2. The van der Waals surface area contributed by atoms with Gasteiger partial charge in [-0.05, 0) is 18.2 Å². The number of ether oxygens (including phenoxy) is 2. The Balaban J connectivity index is 1.54. The number of hydrogen-bond acceptors (Lipinski definition) is 6. The molecule has 0 amide bonds. The molecule has 3 aromatic rings. The van der Waals surface area contributed by atoms with Crippen molar-refractivity contribution in [1.82, 2.24) is 15.0 Å². The summed E-state index contributed by atoms with van der Waals surface area (Å²) in [4.78, 5) is 24.8. The number of benzene rings is 1. The maximum absolute atomic E-state index is 13.5. The smallest absolute Gasteiger partial charge is 0.272 e. The lowest BCUT2D eigenvalue weighted by molar-refractivity contribution is 0.0100. The summed E-state index contributed by atoms with van der Waals surface area (Å²) in [6.45, 7) is 1.76. The molecule has 0 radical (unpaired) electrons. The van der Waals surface area contributed by atoms with E-state index in [-0.39, 0.29) is 17.0 Å². The van der Waals surface area contributed by atoms with E-state index in [1.807, 2.05) is 35.2 Å². The van der Waals surface area contributed by atoms with Crippen molar-refractivity contribution in [2.24, 2.45) is 0 Å². The molecule has 1 unspecified atom stereocenters. The van der Waals surface area contributed by atoms with Gasteiger partial charge in [0.05, 0.1) is 6.61 Å². The van der Waals surface area contributed by atoms with Crippen LogP contribution in [0.3, 0.4) is 0 Å². The Labute approximate surface area is 171 Å². The van der Waals surface area contributed by atoms with Gasteiger partial charge in [0.2, 0.25) is 5.95 Å². The van der Waals surface area contributed by atoms with Crippen molar-refractivity contribution >= 4 is 17.4 Å². The van der Waals surface area contributed by atoms with Crippen molar-refractivity contribution in [3.05, 3.63) is 70.0 Å². The molecule has 0 saturated carbocycles. The van der Waals surface area contributed by atoms with Crippen molar-refractivity contribution in [1.29, 1.82) is 0 Å². The highest BCUT2D eigenvalue weighted by Gasteiger charge is 2.25. The number of nitrogens with zero attached hydrogens (tertiary/aromatic N) is 3. The maximum Gasteiger partial charge on any atom is 0.272 e. The Kier molecular flexibility index (Phi) is 5.73. The van der Waals surface area contributed by atoms with E-state index in [4.69, 9.17) is 21.1 Å². The average Bonchev–Trinajstić information content (AvgIpc) is 2.75. The molecule has 7 nitrogen and oxygen atoms in total. The molecule has 4 rings (SSSR count). The Morgan fingerprint density at radius 2 is 2.14 bits per heavy atom. The van der Waals surface area contributed by atoms with Crippen molar-refractivity contribution < 1.29 is 13.9 Å². The van der Waals surface area contributed by atoms with Crippen LogP contribution in [0, 0.1) is 5.95 Å². The van der Waals surface area contributed by atoms with Gasteiger partial charge in [-0.1, -0.05) is 29.8 Å². The van der Waals surface area contributed by atoms with Crippen LogP contribution < -0.4 is 15.2 Å². The number of aromatic amines is 1. The molecule has 0 aliphatic carbocycles. The number of morpholine rings is 1. The third-order valence-electron chi connectivity index (χ3n) is 4.46. The van der Waals surface area contributed by atoms with Crippen LogP contribution in [0.15, 0.2) is 53.5 Å². The van der Waals surface area contributed by atoms with E-state index in [2.05, 4.69) is 15.0 Å². The fourth-order valence-corrected chi connectivity index (χ4v) is 3.27. The second kappa shape index (κ2) is 8.59. The first-order valence-corrected chi connectivity index (χ1v) is 9.44. The zero-order valence-electron chi connectivity index (χ0n) is 15.3. The van der Waals surface area contributed by atoms with Crippen LogP contribution >= 0.6 is 11.6 Å². The van der Waals surface area contributed by atoms with E-state index in [1.165, 1.54) is 12.3 Å². The van der Waals surface area contributed by atoms with E-state index >= 15 is 0 Å². The SMILES string of the molecule is O=c1[nH]c(-c2ccnc(F)c2)nc(N2CCOC(COc3ccccc3)C2)c1Cl. The van der Waals surface area contributed by atoms with Gasteiger partial charge in [-0.25, -0.2) is 9.97 Å². The fraction of sp³-hybridized carbons (Fsp3) is 0.250. The minimum atomic E-state index is -0.661. The van der Waals surface area contributed by atoms with E-state index < -0.39 is 11.5 Å². The minimum absolute atomic E-state index is 0.0205. The van der Waals surface area contributed by atoms with Gasteiger partial charge in [0.25, 0.3) is 5.56 Å². The molecule has 1 atom stereocenters. The van der Waals surface area contributed by atoms with Crippen LogP contribution in [-0.2, 0) is 4.74 Å². The highest BCUT2D eigenvalue weighted by Crippen LogP contribution is 2.25. The van der Waals surface area contributed by atoms with Crippen LogP contribution in [-0.4, -0.2) is 47.4 Å². The summed E-state index contributed by atoms with van der Waals surface area (Å²) in [6.07, 6.45) is 1.09. The number of pyridine rings is 1. The van der Waals surface area contributed by atoms with Crippen LogP contribution in [0.25, 0.3) is 11.4 Å². The van der Waals surface area contributed by atoms with Gasteiger partial charge < -0.3 is 19.4 Å². The molecule has 0 bridgehead atoms. The van der Waals surface area contributed by atoms with E-state index in [1.54, 1.807) is 6.07 Å². The molecule has 1 aromatic carbocycles. The summed E-state index contributed by atoms with van der Waals surface area (Å²) < 4.78 is 25.0. The second-order valence-corrected chi connectivity index (χ2v) is 6.86. The Hall–Kier alpha value is -2.97. The number of hydrogen-bond donors (Lipinski definition) is 1. The Bertz CT molecular complexity index is 1050. The molecule has 1 fully saturated rings. The molecule has 0 spiro atoms. The third kappa shape index (κ3) is 4.55. The highest BCUT2D eigenvalue weighted by atomic mass is 35.5. The molecule has 150 valence electrons. The van der Waals surface area contributed by atoms with Gasteiger partial charge >= 0.3 is 0 Å². The van der Waals surface area contributed by atoms with E-state index in [0.29, 0.717) is 37.7 Å². The standard InChI is InChI=1S/C20H18ClFN4O3/c21-17-19(24-18(25-20(17)27)13-6-7-23-16(22)10-13)26-8-9-28-15(11-26)12-29-14-4-2-1-3-5-14/h1-7,10,15H,8-9,11-12H2,(H,24,25,27). The molecule has 1 aliphatic rings. The molecule has 3 heterocycles. The fourth-order valence-electron chi connectivity index (χ4n) is 3.06. The number of rotatable bonds is 5. The topological polar surface area (TPSA) is 80.3 Å². The van der Waals surface area contributed by atoms with Crippen LogP contribution in [0.1, 0.15) is 0 Å². The number of H-pyrrole nitrogens is 1. The molecule has 1 aliphatic heterocycles. The van der Waals surface area contributed by atoms with Crippen LogP contribution in [0.4, 0.5) is 10.2 Å². The van der Waals surface area contributed by atoms with E-state index in [0.717, 1.165) is 5.75 Å². The number of para-hydroxylation sites is 1. The molecule has 2 aromatic heterocycles. The summed E-state index contributed by atoms with van der Waals surface area (Å²) in [5.74, 6) is 0.642. The number of aromatic nitrogens is 3. The van der Waals surface area contributed by atoms with Gasteiger partial charge in [0, 0.05) is 30.9 Å². The maximum atomic E-state index is 13.5. The average molecular weight is 417 g/mol. The van der Waals surface area contributed by atoms with Crippen LogP contribution in [0.5, 0.6) is 5.75 Å². The lowest BCUT2D eigenvalue weighted by Gasteiger charge is -2.34. The van der Waals surface area contributed by atoms with Gasteiger partial charge in [0.1, 0.15) is 29.3 Å². The van der Waals surface area contributed by atoms with Gasteiger partial charge in [-0.2, -0.15) is 4.39 Å². The Morgan fingerprint density at radius 3 is 2.93 bits per heavy atom. The third-order valence-corrected chi connectivity index (χ3v) is 4.80. The van der Waals surface area contributed by atoms with Gasteiger partial charge in [-0.3, -0.25) is 4.79 Å². The highest BCUT2D eigenvalue weighted by molar-refractivity contribution is 6.32. The second-order valence-electron chi connectivity index (χ2n) is 6.48. The summed E-state index contributed by atoms with van der Waals surface area (Å²) in [5.41, 5.74) is -0.0859. The van der Waals surface area contributed by atoms with Gasteiger partial charge in [-0.15, -0.1) is 0 Å². The largest absolute Gasteiger partial charge is 0.491 e. The predicted molar refractivity (Wildman–Crippen MR) is 107 cm³/mol. The predicted octanol–water partition coefficient (Wildman–Crippen LogP) is 2.91. The number of anilines is 1. The lowest BCUT2D eigenvalue weighted by atomic mass is 10.2. The summed E-state index contributed by atoms with van der Waals surface area (Å²) >= 11 is 6.23. The molecular weight excluding hydrogens is 399 g/mol. The Morgan fingerprint density at radius 1 is 1.31 bits per heavy atom. The number of nitrogens with one attached hydrogen (secondary N) is 1. The zero-order valence-corrected chi connectivity index (χ0v) is 16.1. The van der Waals surface area contributed by atoms with Crippen LogP contribution in [0.2, 0.25) is 5.02 Å². The molecule has 1 saturated heterocycles. The van der Waals surface area contributed by atoms with Gasteiger partial charge in [0.15, 0.2) is 5.82 Å².